The second kappa shape index (κ2) is 9.86. The second-order valence-electron chi connectivity index (χ2n) is 7.24. The van der Waals surface area contributed by atoms with E-state index in [0.29, 0.717) is 16.7 Å². The fourth-order valence-electron chi connectivity index (χ4n) is 2.95. The van der Waals surface area contributed by atoms with E-state index in [1.807, 2.05) is 0 Å². The first-order valence-electron chi connectivity index (χ1n) is 9.37. The number of halogens is 3. The van der Waals surface area contributed by atoms with Crippen LogP contribution in [0.3, 0.4) is 0 Å². The molecule has 8 heteroatoms. The topological polar surface area (TPSA) is 90.6 Å². The maximum Gasteiger partial charge on any atom is 0.416 e. The molecule has 2 rings (SSSR count). The van der Waals surface area contributed by atoms with Crippen LogP contribution < -0.4 is 0 Å². The van der Waals surface area contributed by atoms with Crippen LogP contribution >= 0.6 is 0 Å². The van der Waals surface area contributed by atoms with Gasteiger partial charge in [0, 0.05) is 12.8 Å². The van der Waals surface area contributed by atoms with Crippen LogP contribution in [0.1, 0.15) is 36.1 Å². The normalized spacial score (nSPS) is 13.8. The summed E-state index contributed by atoms with van der Waals surface area (Å²) in [5.41, 5.74) is 0.619. The summed E-state index contributed by atoms with van der Waals surface area (Å²) in [6.07, 6.45) is -6.88. The van der Waals surface area contributed by atoms with Crippen LogP contribution in [0, 0.1) is 5.41 Å². The molecule has 0 saturated heterocycles. The van der Waals surface area contributed by atoms with E-state index < -0.39 is 29.9 Å². The number of rotatable bonds is 9. The molecule has 0 aliphatic carbocycles. The standard InChI is InChI=1S/C22H24F3NO4/c1-13(2)30-19(21(28)29)12-15-4-3-5-16(10-15)20(26)18(27)11-14-6-8-17(9-7-14)22(23,24)25/h3-10,13,18-19,26-27H,11-12H2,1-2H3,(H,28,29). The van der Waals surface area contributed by atoms with Gasteiger partial charge >= 0.3 is 12.1 Å². The zero-order chi connectivity index (χ0) is 22.5. The van der Waals surface area contributed by atoms with Crippen LogP contribution in [0.15, 0.2) is 48.5 Å². The summed E-state index contributed by atoms with van der Waals surface area (Å²) in [6, 6.07) is 11.0. The summed E-state index contributed by atoms with van der Waals surface area (Å²) in [5.74, 6) is -1.09. The van der Waals surface area contributed by atoms with Crippen LogP contribution in [-0.4, -0.2) is 40.2 Å². The van der Waals surface area contributed by atoms with Crippen molar-refractivity contribution in [2.24, 2.45) is 0 Å². The molecule has 0 radical (unpaired) electrons. The van der Waals surface area contributed by atoms with E-state index in [2.05, 4.69) is 0 Å². The smallest absolute Gasteiger partial charge is 0.416 e. The van der Waals surface area contributed by atoms with Crippen LogP contribution in [0.5, 0.6) is 0 Å². The fraction of sp³-hybridized carbons (Fsp3) is 0.364. The minimum atomic E-state index is -4.43. The molecule has 162 valence electrons. The highest BCUT2D eigenvalue weighted by molar-refractivity contribution is 6.01. The Bertz CT molecular complexity index is 879. The molecule has 0 bridgehead atoms. The molecular weight excluding hydrogens is 399 g/mol. The van der Waals surface area contributed by atoms with Gasteiger partial charge in [0.15, 0.2) is 6.10 Å². The van der Waals surface area contributed by atoms with Gasteiger partial charge in [0.05, 0.1) is 23.5 Å². The first-order valence-corrected chi connectivity index (χ1v) is 9.37. The van der Waals surface area contributed by atoms with E-state index in [0.717, 1.165) is 12.1 Å². The molecule has 0 amide bonds. The second-order valence-corrected chi connectivity index (χ2v) is 7.24. The van der Waals surface area contributed by atoms with E-state index in [9.17, 15) is 28.2 Å². The number of aliphatic hydroxyl groups excluding tert-OH is 1. The number of carbonyl (C=O) groups is 1. The Hall–Kier alpha value is -2.71. The number of carboxylic acid groups (broad SMARTS) is 1. The fourth-order valence-corrected chi connectivity index (χ4v) is 2.95. The Labute approximate surface area is 172 Å². The maximum atomic E-state index is 12.7. The molecule has 0 fully saturated rings. The third kappa shape index (κ3) is 6.67. The molecule has 0 aliphatic heterocycles. The third-order valence-corrected chi connectivity index (χ3v) is 4.41. The Kier molecular flexibility index (Phi) is 7.75. The lowest BCUT2D eigenvalue weighted by Gasteiger charge is -2.18. The molecule has 0 saturated carbocycles. The van der Waals surface area contributed by atoms with Crippen molar-refractivity contribution in [1.82, 2.24) is 0 Å². The van der Waals surface area contributed by atoms with Gasteiger partial charge in [-0.25, -0.2) is 4.79 Å². The lowest BCUT2D eigenvalue weighted by Crippen LogP contribution is -2.29. The highest BCUT2D eigenvalue weighted by Crippen LogP contribution is 2.29. The van der Waals surface area contributed by atoms with Crippen molar-refractivity contribution in [1.29, 1.82) is 5.41 Å². The van der Waals surface area contributed by atoms with Crippen LogP contribution in [0.2, 0.25) is 0 Å². The minimum absolute atomic E-state index is 0.0184. The summed E-state index contributed by atoms with van der Waals surface area (Å²) >= 11 is 0. The number of ether oxygens (including phenoxy) is 1. The van der Waals surface area contributed by atoms with Gasteiger partial charge in [0.2, 0.25) is 0 Å². The molecule has 0 spiro atoms. The van der Waals surface area contributed by atoms with Crippen molar-refractivity contribution in [2.45, 2.75) is 51.2 Å². The molecule has 2 unspecified atom stereocenters. The predicted octanol–water partition coefficient (Wildman–Crippen LogP) is 4.10. The van der Waals surface area contributed by atoms with Crippen LogP contribution in [-0.2, 0) is 28.5 Å². The van der Waals surface area contributed by atoms with Gasteiger partial charge in [-0.05, 0) is 48.7 Å². The minimum Gasteiger partial charge on any atom is -0.479 e. The first kappa shape index (κ1) is 23.6. The van der Waals surface area contributed by atoms with Crippen molar-refractivity contribution < 1.29 is 32.9 Å². The van der Waals surface area contributed by atoms with Gasteiger partial charge in [-0.3, -0.25) is 0 Å². The van der Waals surface area contributed by atoms with Crippen molar-refractivity contribution in [3.63, 3.8) is 0 Å². The number of hydrogen-bond donors (Lipinski definition) is 3. The average molecular weight is 423 g/mol. The van der Waals surface area contributed by atoms with E-state index in [-0.39, 0.29) is 24.7 Å². The number of hydrogen-bond acceptors (Lipinski definition) is 4. The van der Waals surface area contributed by atoms with E-state index in [4.69, 9.17) is 10.1 Å². The number of aliphatic hydroxyl groups is 1. The molecule has 2 aromatic rings. The molecule has 3 N–H and O–H groups in total. The Morgan fingerprint density at radius 3 is 2.23 bits per heavy atom. The molecule has 0 heterocycles. The third-order valence-electron chi connectivity index (χ3n) is 4.41. The molecule has 2 atom stereocenters. The monoisotopic (exact) mass is 423 g/mol. The van der Waals surface area contributed by atoms with Crippen molar-refractivity contribution in [2.75, 3.05) is 0 Å². The van der Waals surface area contributed by atoms with Crippen LogP contribution in [0.4, 0.5) is 13.2 Å². The van der Waals surface area contributed by atoms with Gasteiger partial charge in [0.1, 0.15) is 0 Å². The first-order chi connectivity index (χ1) is 14.0. The lowest BCUT2D eigenvalue weighted by atomic mass is 9.96. The Morgan fingerprint density at radius 1 is 1.07 bits per heavy atom. The zero-order valence-electron chi connectivity index (χ0n) is 16.6. The summed E-state index contributed by atoms with van der Waals surface area (Å²) in [5, 5.41) is 27.9. The number of aliphatic carboxylic acids is 1. The molecule has 30 heavy (non-hydrogen) atoms. The number of benzene rings is 2. The summed E-state index contributed by atoms with van der Waals surface area (Å²) < 4.78 is 43.3. The van der Waals surface area contributed by atoms with Gasteiger partial charge < -0.3 is 20.4 Å². The highest BCUT2D eigenvalue weighted by atomic mass is 19.4. The number of alkyl halides is 3. The van der Waals surface area contributed by atoms with Crippen molar-refractivity contribution in [3.8, 4) is 0 Å². The zero-order valence-corrected chi connectivity index (χ0v) is 16.6. The Balaban J connectivity index is 2.09. The molecule has 5 nitrogen and oxygen atoms in total. The maximum absolute atomic E-state index is 12.7. The largest absolute Gasteiger partial charge is 0.479 e. The summed E-state index contributed by atoms with van der Waals surface area (Å²) in [7, 11) is 0. The van der Waals surface area contributed by atoms with E-state index >= 15 is 0 Å². The molecule has 0 aromatic heterocycles. The molecule has 2 aromatic carbocycles. The van der Waals surface area contributed by atoms with Gasteiger partial charge in [0.25, 0.3) is 0 Å². The van der Waals surface area contributed by atoms with E-state index in [1.54, 1.807) is 38.1 Å². The van der Waals surface area contributed by atoms with Gasteiger partial charge in [-0.1, -0.05) is 30.3 Å². The predicted molar refractivity (Wildman–Crippen MR) is 106 cm³/mol. The van der Waals surface area contributed by atoms with Crippen molar-refractivity contribution >= 4 is 11.7 Å². The SMILES string of the molecule is CC(C)OC(Cc1cccc(C(=N)C(O)Cc2ccc(C(F)(F)F)cc2)c1)C(=O)O. The summed E-state index contributed by atoms with van der Waals surface area (Å²) in [4.78, 5) is 11.4. The summed E-state index contributed by atoms with van der Waals surface area (Å²) in [6.45, 7) is 3.47. The van der Waals surface area contributed by atoms with Gasteiger partial charge in [-0.2, -0.15) is 13.2 Å². The van der Waals surface area contributed by atoms with Crippen LogP contribution in [0.25, 0.3) is 0 Å². The Morgan fingerprint density at radius 2 is 1.70 bits per heavy atom. The highest BCUT2D eigenvalue weighted by Gasteiger charge is 2.30. The van der Waals surface area contributed by atoms with E-state index in [1.165, 1.54) is 12.1 Å². The lowest BCUT2D eigenvalue weighted by molar-refractivity contribution is -0.153. The number of nitrogens with one attached hydrogen (secondary N) is 1. The van der Waals surface area contributed by atoms with Crippen molar-refractivity contribution in [3.05, 3.63) is 70.8 Å². The number of carboxylic acids is 1. The molecular formula is C22H24F3NO4. The quantitative estimate of drug-likeness (QED) is 0.530. The average Bonchev–Trinajstić information content (AvgIpc) is 2.66. The molecule has 0 aliphatic rings. The van der Waals surface area contributed by atoms with Gasteiger partial charge in [-0.15, -0.1) is 0 Å².